The number of alkyl halides is 3. The predicted molar refractivity (Wildman–Crippen MR) is 83.2 cm³/mol. The Morgan fingerprint density at radius 3 is 2.71 bits per heavy atom. The second kappa shape index (κ2) is 6.48. The largest absolute Gasteiger partial charge is 0.418 e. The van der Waals surface area contributed by atoms with E-state index < -0.39 is 11.7 Å². The number of nitrogens with one attached hydrogen (secondary N) is 1. The number of thioether (sulfide) groups is 1. The normalized spacial score (nSPS) is 19.6. The van der Waals surface area contributed by atoms with Gasteiger partial charge in [0.2, 0.25) is 0 Å². The molecule has 2 nitrogen and oxygen atoms in total. The molecule has 0 spiro atoms. The van der Waals surface area contributed by atoms with Gasteiger partial charge in [0.25, 0.3) is 0 Å². The van der Waals surface area contributed by atoms with Crippen molar-refractivity contribution in [1.29, 1.82) is 0 Å². The quantitative estimate of drug-likeness (QED) is 0.793. The number of aliphatic imine (C=N–C) groups is 1. The standard InChI is InChI=1S/C14H16ClF3N2S/c1-8(2)11-6-7-21-13(19-11)20-12-9(14(16,17)18)4-3-5-10(12)15/h3-5,8,11H,6-7H2,1-2H3,(H,19,20). The van der Waals surface area contributed by atoms with E-state index in [1.807, 2.05) is 0 Å². The van der Waals surface area contributed by atoms with E-state index in [0.717, 1.165) is 18.2 Å². The number of rotatable bonds is 2. The second-order valence-electron chi connectivity index (χ2n) is 5.17. The van der Waals surface area contributed by atoms with Crippen LogP contribution in [0.15, 0.2) is 23.2 Å². The van der Waals surface area contributed by atoms with Gasteiger partial charge in [0, 0.05) is 5.75 Å². The zero-order chi connectivity index (χ0) is 15.6. The molecule has 0 bridgehead atoms. The Morgan fingerprint density at radius 1 is 1.38 bits per heavy atom. The number of benzene rings is 1. The first-order valence-corrected chi connectivity index (χ1v) is 7.98. The van der Waals surface area contributed by atoms with Gasteiger partial charge in [-0.1, -0.05) is 43.3 Å². The summed E-state index contributed by atoms with van der Waals surface area (Å²) in [6.45, 7) is 4.11. The van der Waals surface area contributed by atoms with Gasteiger partial charge in [0.05, 0.1) is 22.3 Å². The summed E-state index contributed by atoms with van der Waals surface area (Å²) in [5.41, 5.74) is -0.896. The van der Waals surface area contributed by atoms with E-state index in [4.69, 9.17) is 11.6 Å². The van der Waals surface area contributed by atoms with Gasteiger partial charge in [0.15, 0.2) is 5.17 Å². The highest BCUT2D eigenvalue weighted by Crippen LogP contribution is 2.39. The zero-order valence-electron chi connectivity index (χ0n) is 11.7. The molecule has 116 valence electrons. The molecule has 2 rings (SSSR count). The minimum Gasteiger partial charge on any atom is -0.333 e. The zero-order valence-corrected chi connectivity index (χ0v) is 13.2. The van der Waals surface area contributed by atoms with Crippen molar-refractivity contribution < 1.29 is 13.2 Å². The highest BCUT2D eigenvalue weighted by molar-refractivity contribution is 8.14. The molecular formula is C14H16ClF3N2S. The van der Waals surface area contributed by atoms with Crippen LogP contribution in [0, 0.1) is 5.92 Å². The Morgan fingerprint density at radius 2 is 2.10 bits per heavy atom. The van der Waals surface area contributed by atoms with E-state index in [0.29, 0.717) is 11.1 Å². The van der Waals surface area contributed by atoms with E-state index in [9.17, 15) is 13.2 Å². The molecular weight excluding hydrogens is 321 g/mol. The molecule has 0 radical (unpaired) electrons. The fourth-order valence-corrected chi connectivity index (χ4v) is 3.23. The maximum absolute atomic E-state index is 13.0. The van der Waals surface area contributed by atoms with Crippen molar-refractivity contribution in [3.8, 4) is 0 Å². The van der Waals surface area contributed by atoms with Crippen molar-refractivity contribution in [3.05, 3.63) is 28.8 Å². The number of amidine groups is 1. The van der Waals surface area contributed by atoms with Crippen molar-refractivity contribution in [1.82, 2.24) is 0 Å². The summed E-state index contributed by atoms with van der Waals surface area (Å²) in [7, 11) is 0. The van der Waals surface area contributed by atoms with Gasteiger partial charge in [-0.05, 0) is 24.5 Å². The van der Waals surface area contributed by atoms with Gasteiger partial charge in [-0.15, -0.1) is 0 Å². The average Bonchev–Trinajstić information content (AvgIpc) is 2.40. The maximum Gasteiger partial charge on any atom is 0.418 e. The highest BCUT2D eigenvalue weighted by Gasteiger charge is 2.35. The monoisotopic (exact) mass is 336 g/mol. The molecule has 1 N–H and O–H groups in total. The van der Waals surface area contributed by atoms with E-state index in [-0.39, 0.29) is 16.8 Å². The fourth-order valence-electron chi connectivity index (χ4n) is 2.07. The summed E-state index contributed by atoms with van der Waals surface area (Å²) < 4.78 is 39.1. The molecule has 0 saturated carbocycles. The van der Waals surface area contributed by atoms with Crippen LogP contribution in [0.4, 0.5) is 18.9 Å². The predicted octanol–water partition coefficient (Wildman–Crippen LogP) is 5.29. The average molecular weight is 337 g/mol. The Labute approximate surface area is 131 Å². The van der Waals surface area contributed by atoms with Gasteiger partial charge in [-0.2, -0.15) is 13.2 Å². The third kappa shape index (κ3) is 4.07. The van der Waals surface area contributed by atoms with Gasteiger partial charge in [0.1, 0.15) is 0 Å². The van der Waals surface area contributed by atoms with Gasteiger partial charge in [-0.25, -0.2) is 0 Å². The molecule has 1 aliphatic rings. The molecule has 0 fully saturated rings. The van der Waals surface area contributed by atoms with Crippen molar-refractivity contribution in [2.75, 3.05) is 11.1 Å². The minimum absolute atomic E-state index is 0.0415. The van der Waals surface area contributed by atoms with E-state index >= 15 is 0 Å². The summed E-state index contributed by atoms with van der Waals surface area (Å²) in [6.07, 6.45) is -3.52. The third-order valence-corrected chi connectivity index (χ3v) is 4.49. The van der Waals surface area contributed by atoms with Gasteiger partial charge < -0.3 is 5.32 Å². The molecule has 1 aromatic carbocycles. The molecule has 1 atom stereocenters. The number of halogens is 4. The van der Waals surface area contributed by atoms with Crippen molar-refractivity contribution >= 4 is 34.2 Å². The Bertz CT molecular complexity index is 544. The first-order chi connectivity index (χ1) is 9.79. The summed E-state index contributed by atoms with van der Waals surface area (Å²) in [4.78, 5) is 4.48. The topological polar surface area (TPSA) is 24.4 Å². The van der Waals surface area contributed by atoms with E-state index in [1.165, 1.54) is 23.9 Å². The number of para-hydroxylation sites is 1. The molecule has 0 amide bonds. The molecule has 1 heterocycles. The van der Waals surface area contributed by atoms with Crippen LogP contribution >= 0.6 is 23.4 Å². The molecule has 0 saturated heterocycles. The minimum atomic E-state index is -4.45. The van der Waals surface area contributed by atoms with Crippen LogP contribution in [0.5, 0.6) is 0 Å². The lowest BCUT2D eigenvalue weighted by Crippen LogP contribution is -2.25. The summed E-state index contributed by atoms with van der Waals surface area (Å²) in [5.74, 6) is 1.19. The summed E-state index contributed by atoms with van der Waals surface area (Å²) in [6, 6.07) is 3.88. The van der Waals surface area contributed by atoms with Crippen molar-refractivity contribution in [2.45, 2.75) is 32.5 Å². The SMILES string of the molecule is CC(C)C1CCSC(Nc2c(Cl)cccc2C(F)(F)F)=N1. The van der Waals surface area contributed by atoms with Gasteiger partial charge in [-0.3, -0.25) is 4.99 Å². The van der Waals surface area contributed by atoms with E-state index in [2.05, 4.69) is 24.2 Å². The Hall–Kier alpha value is -0.880. The van der Waals surface area contributed by atoms with E-state index in [1.54, 1.807) is 0 Å². The smallest absolute Gasteiger partial charge is 0.333 e. The maximum atomic E-state index is 13.0. The lowest BCUT2D eigenvalue weighted by atomic mass is 10.0. The second-order valence-corrected chi connectivity index (χ2v) is 6.66. The highest BCUT2D eigenvalue weighted by atomic mass is 35.5. The van der Waals surface area contributed by atoms with Crippen LogP contribution < -0.4 is 5.32 Å². The molecule has 21 heavy (non-hydrogen) atoms. The molecule has 1 aliphatic heterocycles. The molecule has 7 heteroatoms. The van der Waals surface area contributed by atoms with Crippen LogP contribution in [-0.4, -0.2) is 17.0 Å². The first-order valence-electron chi connectivity index (χ1n) is 6.62. The first kappa shape index (κ1) is 16.5. The molecule has 0 aromatic heterocycles. The van der Waals surface area contributed by atoms with Crippen LogP contribution in [0.25, 0.3) is 0 Å². The van der Waals surface area contributed by atoms with Crippen LogP contribution in [-0.2, 0) is 6.18 Å². The summed E-state index contributed by atoms with van der Waals surface area (Å²) in [5, 5.41) is 3.31. The number of nitrogens with zero attached hydrogens (tertiary/aromatic N) is 1. The number of anilines is 1. The Kier molecular flexibility index (Phi) is 5.09. The third-order valence-electron chi connectivity index (χ3n) is 3.26. The number of hydrogen-bond donors (Lipinski definition) is 1. The lowest BCUT2D eigenvalue weighted by molar-refractivity contribution is -0.136. The molecule has 1 aromatic rings. The van der Waals surface area contributed by atoms with Crippen molar-refractivity contribution in [3.63, 3.8) is 0 Å². The Balaban J connectivity index is 2.31. The van der Waals surface area contributed by atoms with Crippen molar-refractivity contribution in [2.24, 2.45) is 10.9 Å². The van der Waals surface area contributed by atoms with Crippen LogP contribution in [0.3, 0.4) is 0 Å². The van der Waals surface area contributed by atoms with Crippen LogP contribution in [0.2, 0.25) is 5.02 Å². The van der Waals surface area contributed by atoms with Gasteiger partial charge >= 0.3 is 6.18 Å². The lowest BCUT2D eigenvalue weighted by Gasteiger charge is -2.24. The summed E-state index contributed by atoms with van der Waals surface area (Å²) >= 11 is 7.35. The fraction of sp³-hybridized carbons (Fsp3) is 0.500. The van der Waals surface area contributed by atoms with Crippen LogP contribution in [0.1, 0.15) is 25.8 Å². The number of hydrogen-bond acceptors (Lipinski definition) is 3. The molecule has 0 aliphatic carbocycles. The molecule has 1 unspecified atom stereocenters.